The first kappa shape index (κ1) is 20.7. The van der Waals surface area contributed by atoms with Gasteiger partial charge in [-0.15, -0.1) is 0 Å². The van der Waals surface area contributed by atoms with Crippen LogP contribution in [0.5, 0.6) is 0 Å². The highest BCUT2D eigenvalue weighted by Crippen LogP contribution is 2.20. The Morgan fingerprint density at radius 2 is 1.83 bits per heavy atom. The van der Waals surface area contributed by atoms with E-state index in [-0.39, 0.29) is 0 Å². The lowest BCUT2D eigenvalue weighted by Crippen LogP contribution is -2.44. The van der Waals surface area contributed by atoms with Crippen LogP contribution in [0.4, 0.5) is 5.82 Å². The molecular formula is C24H34N6. The maximum Gasteiger partial charge on any atom is 0.191 e. The summed E-state index contributed by atoms with van der Waals surface area (Å²) in [5.74, 6) is 1.95. The summed E-state index contributed by atoms with van der Waals surface area (Å²) in [5, 5.41) is 6.95. The molecule has 30 heavy (non-hydrogen) atoms. The third-order valence-corrected chi connectivity index (χ3v) is 6.16. The molecule has 4 rings (SSSR count). The van der Waals surface area contributed by atoms with Gasteiger partial charge >= 0.3 is 0 Å². The van der Waals surface area contributed by atoms with E-state index in [1.807, 2.05) is 13.2 Å². The highest BCUT2D eigenvalue weighted by atomic mass is 15.2. The van der Waals surface area contributed by atoms with Gasteiger partial charge in [0.1, 0.15) is 5.82 Å². The number of hydrogen-bond acceptors (Lipinski definition) is 4. The normalized spacial score (nSPS) is 20.0. The van der Waals surface area contributed by atoms with Crippen molar-refractivity contribution in [2.24, 2.45) is 4.99 Å². The summed E-state index contributed by atoms with van der Waals surface area (Å²) in [5.41, 5.74) is 2.56. The highest BCUT2D eigenvalue weighted by molar-refractivity contribution is 5.79. The molecular weight excluding hydrogens is 372 g/mol. The summed E-state index contributed by atoms with van der Waals surface area (Å²) in [4.78, 5) is 14.0. The molecule has 0 amide bonds. The number of pyridine rings is 1. The minimum absolute atomic E-state index is 0.546. The molecule has 1 atom stereocenters. The number of likely N-dealkylation sites (tertiary alicyclic amines) is 1. The van der Waals surface area contributed by atoms with Crippen LogP contribution in [0, 0.1) is 0 Å². The number of aliphatic imine (C=N–C) groups is 1. The second-order valence-corrected chi connectivity index (χ2v) is 8.28. The van der Waals surface area contributed by atoms with E-state index < -0.39 is 0 Å². The number of nitrogens with one attached hydrogen (secondary N) is 2. The molecule has 1 unspecified atom stereocenters. The van der Waals surface area contributed by atoms with Crippen molar-refractivity contribution in [3.63, 3.8) is 0 Å². The molecule has 2 aromatic rings. The fourth-order valence-electron chi connectivity index (χ4n) is 4.43. The topological polar surface area (TPSA) is 55.8 Å². The molecule has 6 nitrogen and oxygen atoms in total. The Morgan fingerprint density at radius 1 is 1.00 bits per heavy atom. The van der Waals surface area contributed by atoms with Gasteiger partial charge in [0.25, 0.3) is 0 Å². The summed E-state index contributed by atoms with van der Waals surface area (Å²) in [6.45, 7) is 6.09. The van der Waals surface area contributed by atoms with E-state index in [1.54, 1.807) is 0 Å². The Kier molecular flexibility index (Phi) is 7.19. The van der Waals surface area contributed by atoms with Crippen molar-refractivity contribution < 1.29 is 0 Å². The average molecular weight is 407 g/mol. The minimum Gasteiger partial charge on any atom is -0.357 e. The Hall–Kier alpha value is -2.60. The van der Waals surface area contributed by atoms with E-state index in [0.717, 1.165) is 44.5 Å². The number of hydrogen-bond donors (Lipinski definition) is 2. The van der Waals surface area contributed by atoms with E-state index in [4.69, 9.17) is 0 Å². The number of aromatic nitrogens is 1. The monoisotopic (exact) mass is 406 g/mol. The lowest BCUT2D eigenvalue weighted by atomic mass is 10.2. The van der Waals surface area contributed by atoms with E-state index in [1.165, 1.54) is 43.4 Å². The highest BCUT2D eigenvalue weighted by Gasteiger charge is 2.24. The van der Waals surface area contributed by atoms with Crippen LogP contribution in [0.25, 0.3) is 0 Å². The van der Waals surface area contributed by atoms with Gasteiger partial charge in [-0.05, 0) is 49.4 Å². The number of nitrogens with zero attached hydrogens (tertiary/aromatic N) is 4. The number of rotatable bonds is 7. The van der Waals surface area contributed by atoms with Gasteiger partial charge in [0.15, 0.2) is 5.96 Å². The van der Waals surface area contributed by atoms with E-state index in [9.17, 15) is 0 Å². The van der Waals surface area contributed by atoms with Gasteiger partial charge in [0, 0.05) is 52.0 Å². The second kappa shape index (κ2) is 10.4. The van der Waals surface area contributed by atoms with Crippen LogP contribution in [-0.2, 0) is 13.1 Å². The van der Waals surface area contributed by atoms with Gasteiger partial charge in [-0.2, -0.15) is 0 Å². The molecule has 2 saturated heterocycles. The maximum atomic E-state index is 4.64. The third kappa shape index (κ3) is 5.51. The Balaban J connectivity index is 1.23. The lowest BCUT2D eigenvalue weighted by molar-refractivity contribution is 0.245. The minimum atomic E-state index is 0.546. The van der Waals surface area contributed by atoms with Crippen molar-refractivity contribution in [1.29, 1.82) is 0 Å². The van der Waals surface area contributed by atoms with Crippen LogP contribution < -0.4 is 15.5 Å². The zero-order chi connectivity index (χ0) is 20.6. The predicted octanol–water partition coefficient (Wildman–Crippen LogP) is 3.01. The molecule has 2 fully saturated rings. The zero-order valence-corrected chi connectivity index (χ0v) is 18.1. The van der Waals surface area contributed by atoms with Crippen molar-refractivity contribution >= 4 is 11.8 Å². The SMILES string of the molecule is CN=C(NCc1ccc(N2CCCC2)nc1)NCC1CCCN1Cc1ccccc1. The van der Waals surface area contributed by atoms with Crippen LogP contribution >= 0.6 is 0 Å². The first-order valence-corrected chi connectivity index (χ1v) is 11.2. The van der Waals surface area contributed by atoms with Gasteiger partial charge in [-0.3, -0.25) is 9.89 Å². The van der Waals surface area contributed by atoms with Gasteiger partial charge in [0.05, 0.1) is 0 Å². The molecule has 0 radical (unpaired) electrons. The summed E-state index contributed by atoms with van der Waals surface area (Å²) in [6, 6.07) is 15.6. The Bertz CT molecular complexity index is 798. The number of anilines is 1. The van der Waals surface area contributed by atoms with Gasteiger partial charge < -0.3 is 15.5 Å². The predicted molar refractivity (Wildman–Crippen MR) is 124 cm³/mol. The third-order valence-electron chi connectivity index (χ3n) is 6.16. The molecule has 0 saturated carbocycles. The number of guanidine groups is 1. The fourth-order valence-corrected chi connectivity index (χ4v) is 4.43. The molecule has 0 bridgehead atoms. The number of benzene rings is 1. The molecule has 1 aromatic heterocycles. The first-order chi connectivity index (χ1) is 14.8. The largest absolute Gasteiger partial charge is 0.357 e. The lowest BCUT2D eigenvalue weighted by Gasteiger charge is -2.25. The Labute approximate surface area is 180 Å². The standard InChI is InChI=1S/C24H34N6/c1-25-24(27-17-21-11-12-23(26-16-21)29-13-5-6-14-29)28-18-22-10-7-15-30(22)19-20-8-3-2-4-9-20/h2-4,8-9,11-12,16,22H,5-7,10,13-15,17-19H2,1H3,(H2,25,27,28). The molecule has 3 heterocycles. The van der Waals surface area contributed by atoms with Crippen LogP contribution in [-0.4, -0.2) is 55.1 Å². The van der Waals surface area contributed by atoms with Crippen molar-refractivity contribution in [3.05, 3.63) is 59.8 Å². The molecule has 2 N–H and O–H groups in total. The summed E-state index contributed by atoms with van der Waals surface area (Å²) < 4.78 is 0. The maximum absolute atomic E-state index is 4.64. The second-order valence-electron chi connectivity index (χ2n) is 8.28. The summed E-state index contributed by atoms with van der Waals surface area (Å²) in [6.07, 6.45) is 7.03. The van der Waals surface area contributed by atoms with Gasteiger partial charge in [-0.25, -0.2) is 4.98 Å². The van der Waals surface area contributed by atoms with Crippen LogP contribution in [0.3, 0.4) is 0 Å². The van der Waals surface area contributed by atoms with Crippen molar-refractivity contribution in [1.82, 2.24) is 20.5 Å². The van der Waals surface area contributed by atoms with Gasteiger partial charge in [-0.1, -0.05) is 36.4 Å². The van der Waals surface area contributed by atoms with Crippen molar-refractivity contribution in [3.8, 4) is 0 Å². The molecule has 1 aromatic carbocycles. The van der Waals surface area contributed by atoms with Crippen LogP contribution in [0.1, 0.15) is 36.8 Å². The van der Waals surface area contributed by atoms with Crippen LogP contribution in [0.15, 0.2) is 53.7 Å². The summed E-state index contributed by atoms with van der Waals surface area (Å²) >= 11 is 0. The van der Waals surface area contributed by atoms with Crippen LogP contribution in [0.2, 0.25) is 0 Å². The molecule has 2 aliphatic heterocycles. The molecule has 0 spiro atoms. The van der Waals surface area contributed by atoms with E-state index in [0.29, 0.717) is 6.04 Å². The average Bonchev–Trinajstić information content (AvgIpc) is 3.48. The van der Waals surface area contributed by atoms with Crippen molar-refractivity contribution in [2.45, 2.75) is 44.8 Å². The molecule has 0 aliphatic carbocycles. The molecule has 160 valence electrons. The van der Waals surface area contributed by atoms with Crippen molar-refractivity contribution in [2.75, 3.05) is 38.1 Å². The fraction of sp³-hybridized carbons (Fsp3) is 0.500. The Morgan fingerprint density at radius 3 is 2.57 bits per heavy atom. The van der Waals surface area contributed by atoms with E-state index >= 15 is 0 Å². The molecule has 2 aliphatic rings. The summed E-state index contributed by atoms with van der Waals surface area (Å²) in [7, 11) is 1.83. The molecule has 6 heteroatoms. The first-order valence-electron chi connectivity index (χ1n) is 11.2. The van der Waals surface area contributed by atoms with E-state index in [2.05, 4.69) is 72.9 Å². The smallest absolute Gasteiger partial charge is 0.191 e. The zero-order valence-electron chi connectivity index (χ0n) is 18.1. The quantitative estimate of drug-likeness (QED) is 0.547. The van der Waals surface area contributed by atoms with Gasteiger partial charge in [0.2, 0.25) is 0 Å².